The SMILES string of the molecule is ClCCl.[SnH2]. The van der Waals surface area contributed by atoms with Crippen LogP contribution in [0, 0.1) is 0 Å². The Labute approximate surface area is 52.4 Å². The minimum atomic E-state index is 0. The Morgan fingerprint density at radius 2 is 1.25 bits per heavy atom. The van der Waals surface area contributed by atoms with Crippen molar-refractivity contribution in [1.29, 1.82) is 0 Å². The van der Waals surface area contributed by atoms with Crippen LogP contribution in [0.25, 0.3) is 0 Å². The molecular formula is CH4Cl2Sn. The first kappa shape index (κ1) is 9.03. The van der Waals surface area contributed by atoms with Gasteiger partial charge in [0.05, 0.1) is 5.34 Å². The molecule has 0 aliphatic rings. The second-order valence-electron chi connectivity index (χ2n) is 0.101. The van der Waals surface area contributed by atoms with Crippen LogP contribution in [0.2, 0.25) is 0 Å². The Kier molecular flexibility index (Phi) is 20.0. The first-order valence-corrected chi connectivity index (χ1v) is 1.60. The summed E-state index contributed by atoms with van der Waals surface area (Å²) < 4.78 is 0. The number of alkyl halides is 2. The molecule has 0 N–H and O–H groups in total. The Bertz CT molecular complexity index is 6.00. The van der Waals surface area contributed by atoms with Crippen molar-refractivity contribution in [3.63, 3.8) is 0 Å². The van der Waals surface area contributed by atoms with Gasteiger partial charge in [-0.2, -0.15) is 0 Å². The average molecular weight is 206 g/mol. The van der Waals surface area contributed by atoms with Crippen molar-refractivity contribution in [1.82, 2.24) is 0 Å². The van der Waals surface area contributed by atoms with Crippen molar-refractivity contribution in [3.05, 3.63) is 0 Å². The van der Waals surface area contributed by atoms with Gasteiger partial charge in [-0.25, -0.2) is 0 Å². The van der Waals surface area contributed by atoms with E-state index in [0.29, 0.717) is 0 Å². The van der Waals surface area contributed by atoms with E-state index < -0.39 is 0 Å². The zero-order valence-corrected chi connectivity index (χ0v) is 7.72. The molecule has 0 aromatic carbocycles. The van der Waals surface area contributed by atoms with Gasteiger partial charge in [0, 0.05) is 0 Å². The maximum absolute atomic E-state index is 4.76. The topological polar surface area (TPSA) is 0 Å². The summed E-state index contributed by atoms with van der Waals surface area (Å²) in [5, 5.41) is 0.194. The van der Waals surface area contributed by atoms with Crippen molar-refractivity contribution in [2.45, 2.75) is 0 Å². The van der Waals surface area contributed by atoms with Crippen LogP contribution in [0.1, 0.15) is 0 Å². The number of hydrogen-bond donors (Lipinski definition) is 0. The van der Waals surface area contributed by atoms with Gasteiger partial charge in [0.2, 0.25) is 0 Å². The fraction of sp³-hybridized carbons (Fsp3) is 1.00. The van der Waals surface area contributed by atoms with E-state index in [-0.39, 0.29) is 29.2 Å². The van der Waals surface area contributed by atoms with Gasteiger partial charge in [-0.1, -0.05) is 0 Å². The van der Waals surface area contributed by atoms with E-state index >= 15 is 0 Å². The molecular weight excluding hydrogens is 202 g/mol. The number of rotatable bonds is 0. The molecule has 0 nitrogen and oxygen atoms in total. The molecule has 0 saturated heterocycles. The molecule has 0 atom stereocenters. The predicted octanol–water partition coefficient (Wildman–Crippen LogP) is 0.505. The minimum absolute atomic E-state index is 0. The third-order valence-corrected chi connectivity index (χ3v) is 0. The van der Waals surface area contributed by atoms with Crippen LogP contribution in [0.15, 0.2) is 0 Å². The molecule has 0 amide bonds. The van der Waals surface area contributed by atoms with Crippen LogP contribution in [0.5, 0.6) is 0 Å². The standard InChI is InChI=1S/CH2Cl2.Sn.2H/c2-1-3;;;/h1H2;;;. The quantitative estimate of drug-likeness (QED) is 0.399. The molecule has 0 heterocycles. The zero-order chi connectivity index (χ0) is 2.71. The molecule has 0 unspecified atom stereocenters. The zero-order valence-electron chi connectivity index (χ0n) is 2.17. The summed E-state index contributed by atoms with van der Waals surface area (Å²) in [5.74, 6) is 0. The second-order valence-corrected chi connectivity index (χ2v) is 0.909. The molecule has 26 valence electrons. The molecule has 3 heteroatoms. The third kappa shape index (κ3) is 10.1. The third-order valence-electron chi connectivity index (χ3n) is 0. The molecule has 0 bridgehead atoms. The molecule has 0 rings (SSSR count). The fourth-order valence-electron chi connectivity index (χ4n) is 0. The van der Waals surface area contributed by atoms with Crippen LogP contribution >= 0.6 is 23.2 Å². The van der Waals surface area contributed by atoms with Gasteiger partial charge in [-0.15, -0.1) is 23.2 Å². The first-order chi connectivity index (χ1) is 1.41. The Morgan fingerprint density at radius 3 is 1.25 bits per heavy atom. The van der Waals surface area contributed by atoms with Crippen LogP contribution in [0.4, 0.5) is 0 Å². The fourth-order valence-corrected chi connectivity index (χ4v) is 0. The summed E-state index contributed by atoms with van der Waals surface area (Å²) in [6.07, 6.45) is 0. The average Bonchev–Trinajstić information content (AvgIpc) is 0.918. The maximum atomic E-state index is 4.76. The summed E-state index contributed by atoms with van der Waals surface area (Å²) in [6, 6.07) is 0. The molecule has 2 radical (unpaired) electrons. The summed E-state index contributed by atoms with van der Waals surface area (Å²) in [5.41, 5.74) is 0. The van der Waals surface area contributed by atoms with Crippen molar-refractivity contribution >= 4 is 47.1 Å². The Balaban J connectivity index is 0. The van der Waals surface area contributed by atoms with Gasteiger partial charge < -0.3 is 0 Å². The summed E-state index contributed by atoms with van der Waals surface area (Å²) in [7, 11) is 0. The van der Waals surface area contributed by atoms with E-state index in [9.17, 15) is 0 Å². The van der Waals surface area contributed by atoms with E-state index in [1.165, 1.54) is 0 Å². The van der Waals surface area contributed by atoms with Crippen molar-refractivity contribution < 1.29 is 0 Å². The Morgan fingerprint density at radius 1 is 1.25 bits per heavy atom. The van der Waals surface area contributed by atoms with Crippen LogP contribution in [-0.2, 0) is 0 Å². The first-order valence-electron chi connectivity index (χ1n) is 0.535. The summed E-state index contributed by atoms with van der Waals surface area (Å²) in [6.45, 7) is 0. The number of halogens is 2. The van der Waals surface area contributed by atoms with Crippen molar-refractivity contribution in [2.24, 2.45) is 0 Å². The van der Waals surface area contributed by atoms with Crippen LogP contribution < -0.4 is 0 Å². The monoisotopic (exact) mass is 206 g/mol. The second kappa shape index (κ2) is 8.83. The van der Waals surface area contributed by atoms with E-state index in [1.807, 2.05) is 0 Å². The molecule has 0 aromatic heterocycles. The van der Waals surface area contributed by atoms with Gasteiger partial charge in [0.1, 0.15) is 0 Å². The van der Waals surface area contributed by atoms with Gasteiger partial charge in [0.25, 0.3) is 0 Å². The van der Waals surface area contributed by atoms with E-state index in [4.69, 9.17) is 23.2 Å². The van der Waals surface area contributed by atoms with Gasteiger partial charge in [-0.05, 0) is 0 Å². The molecule has 0 aliphatic carbocycles. The van der Waals surface area contributed by atoms with Crippen molar-refractivity contribution in [2.75, 3.05) is 5.34 Å². The summed E-state index contributed by atoms with van der Waals surface area (Å²) >= 11 is 9.53. The predicted molar refractivity (Wildman–Crippen MR) is 25.1 cm³/mol. The molecule has 0 spiro atoms. The van der Waals surface area contributed by atoms with E-state index in [1.54, 1.807) is 0 Å². The Hall–Kier alpha value is 1.38. The van der Waals surface area contributed by atoms with Gasteiger partial charge in [0.15, 0.2) is 0 Å². The van der Waals surface area contributed by atoms with Gasteiger partial charge in [-0.3, -0.25) is 0 Å². The van der Waals surface area contributed by atoms with E-state index in [2.05, 4.69) is 0 Å². The molecule has 0 fully saturated rings. The van der Waals surface area contributed by atoms with Crippen LogP contribution in [0.3, 0.4) is 0 Å². The molecule has 0 aliphatic heterocycles. The summed E-state index contributed by atoms with van der Waals surface area (Å²) in [4.78, 5) is 0. The number of hydrogen-bond acceptors (Lipinski definition) is 0. The van der Waals surface area contributed by atoms with Gasteiger partial charge >= 0.3 is 23.9 Å². The molecule has 0 aromatic rings. The van der Waals surface area contributed by atoms with Crippen LogP contribution in [-0.4, -0.2) is 29.2 Å². The van der Waals surface area contributed by atoms with E-state index in [0.717, 1.165) is 0 Å². The van der Waals surface area contributed by atoms with Crippen molar-refractivity contribution in [3.8, 4) is 0 Å². The normalized spacial score (nSPS) is 4.50. The molecule has 4 heavy (non-hydrogen) atoms. The molecule has 0 saturated carbocycles.